The molecule has 1 amide bonds. The van der Waals surface area contributed by atoms with Crippen molar-refractivity contribution in [3.05, 3.63) is 23.3 Å². The average Bonchev–Trinajstić information content (AvgIpc) is 3.16. The molecule has 8 heteroatoms. The quantitative estimate of drug-likeness (QED) is 0.864. The van der Waals surface area contributed by atoms with Crippen molar-refractivity contribution in [3.8, 4) is 0 Å². The van der Waals surface area contributed by atoms with Gasteiger partial charge in [0.1, 0.15) is 5.82 Å². The van der Waals surface area contributed by atoms with Gasteiger partial charge in [-0.3, -0.25) is 14.6 Å². The third-order valence-corrected chi connectivity index (χ3v) is 4.64. The second-order valence-corrected chi connectivity index (χ2v) is 6.59. The van der Waals surface area contributed by atoms with E-state index in [9.17, 15) is 4.79 Å². The van der Waals surface area contributed by atoms with Crippen molar-refractivity contribution in [3.63, 3.8) is 0 Å². The number of hydrogen-bond donors (Lipinski definition) is 1. The van der Waals surface area contributed by atoms with Crippen LogP contribution in [0.1, 0.15) is 29.7 Å². The Morgan fingerprint density at radius 2 is 2.27 bits per heavy atom. The summed E-state index contributed by atoms with van der Waals surface area (Å²) in [4.78, 5) is 18.4. The van der Waals surface area contributed by atoms with Crippen LogP contribution in [-0.2, 0) is 4.79 Å². The maximum Gasteiger partial charge on any atom is 0.233 e. The Kier molecular flexibility index (Phi) is 4.19. The molecule has 0 aliphatic carbocycles. The minimum atomic E-state index is 0.136. The van der Waals surface area contributed by atoms with E-state index in [4.69, 9.17) is 0 Å². The second-order valence-electron chi connectivity index (χ2n) is 5.65. The van der Waals surface area contributed by atoms with Crippen molar-refractivity contribution < 1.29 is 4.79 Å². The molecular weight excluding hydrogens is 300 g/mol. The van der Waals surface area contributed by atoms with E-state index in [1.165, 1.54) is 11.8 Å². The smallest absolute Gasteiger partial charge is 0.233 e. The van der Waals surface area contributed by atoms with Crippen molar-refractivity contribution >= 4 is 17.7 Å². The summed E-state index contributed by atoms with van der Waals surface area (Å²) in [5, 5.41) is 12.0. The molecule has 22 heavy (non-hydrogen) atoms. The predicted octanol–water partition coefficient (Wildman–Crippen LogP) is 1.49. The van der Waals surface area contributed by atoms with Gasteiger partial charge in [0, 0.05) is 18.8 Å². The van der Waals surface area contributed by atoms with E-state index in [0.717, 1.165) is 36.7 Å². The summed E-state index contributed by atoms with van der Waals surface area (Å²) in [6.07, 6.45) is 0.956. The van der Waals surface area contributed by atoms with Gasteiger partial charge in [-0.1, -0.05) is 11.8 Å². The number of aryl methyl sites for hydroxylation is 3. The average molecular weight is 320 g/mol. The van der Waals surface area contributed by atoms with E-state index in [-0.39, 0.29) is 11.9 Å². The fourth-order valence-corrected chi connectivity index (χ4v) is 3.53. The van der Waals surface area contributed by atoms with Gasteiger partial charge < -0.3 is 4.90 Å². The van der Waals surface area contributed by atoms with Gasteiger partial charge in [0.2, 0.25) is 11.1 Å². The van der Waals surface area contributed by atoms with Gasteiger partial charge in [-0.05, 0) is 33.3 Å². The Balaban J connectivity index is 1.55. The van der Waals surface area contributed by atoms with E-state index < -0.39 is 0 Å². The fraction of sp³-hybridized carbons (Fsp3) is 0.571. The normalized spacial score (nSPS) is 18.1. The van der Waals surface area contributed by atoms with Gasteiger partial charge in [-0.25, -0.2) is 4.98 Å². The van der Waals surface area contributed by atoms with Gasteiger partial charge in [0.05, 0.1) is 17.5 Å². The number of carbonyl (C=O) groups is 1. The van der Waals surface area contributed by atoms with Gasteiger partial charge in [-0.2, -0.15) is 5.10 Å². The lowest BCUT2D eigenvalue weighted by molar-refractivity contribution is -0.127. The van der Waals surface area contributed by atoms with Gasteiger partial charge in [0.25, 0.3) is 0 Å². The maximum absolute atomic E-state index is 12.3. The molecule has 0 unspecified atom stereocenters. The molecule has 0 bridgehead atoms. The van der Waals surface area contributed by atoms with E-state index >= 15 is 0 Å². The molecule has 1 atom stereocenters. The van der Waals surface area contributed by atoms with Crippen LogP contribution in [0.15, 0.2) is 11.2 Å². The number of hydrogen-bond acceptors (Lipinski definition) is 5. The van der Waals surface area contributed by atoms with Crippen LogP contribution in [0.2, 0.25) is 0 Å². The summed E-state index contributed by atoms with van der Waals surface area (Å²) >= 11 is 1.37. The summed E-state index contributed by atoms with van der Waals surface area (Å²) in [5.74, 6) is 1.28. The number of rotatable bonds is 4. The molecule has 0 saturated carbocycles. The largest absolute Gasteiger partial charge is 0.340 e. The maximum atomic E-state index is 12.3. The Labute approximate surface area is 133 Å². The minimum Gasteiger partial charge on any atom is -0.340 e. The van der Waals surface area contributed by atoms with Crippen LogP contribution in [0.3, 0.4) is 0 Å². The zero-order valence-corrected chi connectivity index (χ0v) is 13.9. The molecule has 3 heterocycles. The number of aromatic nitrogens is 5. The first-order valence-electron chi connectivity index (χ1n) is 7.35. The predicted molar refractivity (Wildman–Crippen MR) is 83.8 cm³/mol. The molecule has 118 valence electrons. The lowest BCUT2D eigenvalue weighted by Crippen LogP contribution is -2.30. The molecule has 3 rings (SSSR count). The summed E-state index contributed by atoms with van der Waals surface area (Å²) in [7, 11) is 0. The third kappa shape index (κ3) is 3.16. The summed E-state index contributed by atoms with van der Waals surface area (Å²) in [6, 6.07) is 2.36. The molecular formula is C14H20N6OS. The molecule has 0 spiro atoms. The molecule has 1 saturated heterocycles. The van der Waals surface area contributed by atoms with Crippen LogP contribution in [0.5, 0.6) is 0 Å². The van der Waals surface area contributed by atoms with Crippen molar-refractivity contribution in [2.45, 2.75) is 38.4 Å². The number of amides is 1. The number of aromatic amines is 1. The monoisotopic (exact) mass is 320 g/mol. The first kappa shape index (κ1) is 15.1. The van der Waals surface area contributed by atoms with Crippen LogP contribution < -0.4 is 0 Å². The molecule has 0 aromatic carbocycles. The van der Waals surface area contributed by atoms with Crippen molar-refractivity contribution in [1.29, 1.82) is 0 Å². The number of H-pyrrole nitrogens is 1. The van der Waals surface area contributed by atoms with E-state index in [2.05, 4.69) is 33.3 Å². The Bertz CT molecular complexity index is 679. The highest BCUT2D eigenvalue weighted by Crippen LogP contribution is 2.24. The molecule has 7 nitrogen and oxygen atoms in total. The third-order valence-electron chi connectivity index (χ3n) is 3.81. The lowest BCUT2D eigenvalue weighted by atomic mass is 10.2. The highest BCUT2D eigenvalue weighted by atomic mass is 32.2. The Morgan fingerprint density at radius 3 is 2.91 bits per heavy atom. The van der Waals surface area contributed by atoms with Crippen LogP contribution >= 0.6 is 11.8 Å². The molecule has 1 N–H and O–H groups in total. The number of thioether (sulfide) groups is 1. The molecule has 1 fully saturated rings. The number of likely N-dealkylation sites (tertiary alicyclic amines) is 1. The van der Waals surface area contributed by atoms with Gasteiger partial charge >= 0.3 is 0 Å². The Hall–Kier alpha value is -1.83. The lowest BCUT2D eigenvalue weighted by Gasteiger charge is -2.17. The molecule has 2 aromatic rings. The highest BCUT2D eigenvalue weighted by molar-refractivity contribution is 7.99. The summed E-state index contributed by atoms with van der Waals surface area (Å²) < 4.78 is 2.05. The van der Waals surface area contributed by atoms with Crippen LogP contribution in [0, 0.1) is 20.8 Å². The minimum absolute atomic E-state index is 0.136. The van der Waals surface area contributed by atoms with E-state index in [1.807, 2.05) is 23.4 Å². The van der Waals surface area contributed by atoms with Gasteiger partial charge in [0.15, 0.2) is 0 Å². The summed E-state index contributed by atoms with van der Waals surface area (Å²) in [5.41, 5.74) is 2.18. The standard InChI is InChI=1S/C14H20N6OS/c1-9-6-10(2)20(18-9)12-4-5-19(7-12)13(21)8-22-14-15-11(3)16-17-14/h6,12H,4-5,7-8H2,1-3H3,(H,15,16,17)/t12-/m1/s1. The number of carbonyl (C=O) groups excluding carboxylic acids is 1. The fourth-order valence-electron chi connectivity index (χ4n) is 2.79. The first-order valence-corrected chi connectivity index (χ1v) is 8.34. The Morgan fingerprint density at radius 1 is 1.45 bits per heavy atom. The summed E-state index contributed by atoms with van der Waals surface area (Å²) in [6.45, 7) is 7.42. The van der Waals surface area contributed by atoms with Crippen LogP contribution in [0.4, 0.5) is 0 Å². The molecule has 0 radical (unpaired) electrons. The highest BCUT2D eigenvalue weighted by Gasteiger charge is 2.28. The SMILES string of the molecule is Cc1cc(C)n([C@@H]2CCN(C(=O)CSc3n[nH]c(C)n3)C2)n1. The molecule has 2 aromatic heterocycles. The molecule has 1 aliphatic rings. The van der Waals surface area contributed by atoms with E-state index in [1.54, 1.807) is 0 Å². The van der Waals surface area contributed by atoms with Crippen molar-refractivity contribution in [1.82, 2.24) is 29.9 Å². The van der Waals surface area contributed by atoms with Crippen LogP contribution in [0.25, 0.3) is 0 Å². The topological polar surface area (TPSA) is 79.7 Å². The van der Waals surface area contributed by atoms with Gasteiger partial charge in [-0.15, -0.1) is 5.10 Å². The number of nitrogens with one attached hydrogen (secondary N) is 1. The second kappa shape index (κ2) is 6.12. The number of nitrogens with zero attached hydrogens (tertiary/aromatic N) is 5. The zero-order chi connectivity index (χ0) is 15.7. The molecule has 1 aliphatic heterocycles. The van der Waals surface area contributed by atoms with E-state index in [0.29, 0.717) is 10.9 Å². The van der Waals surface area contributed by atoms with Crippen LogP contribution in [-0.4, -0.2) is 54.6 Å². The van der Waals surface area contributed by atoms with Crippen molar-refractivity contribution in [2.75, 3.05) is 18.8 Å². The first-order chi connectivity index (χ1) is 10.5. The zero-order valence-electron chi connectivity index (χ0n) is 13.0. The van der Waals surface area contributed by atoms with Crippen molar-refractivity contribution in [2.24, 2.45) is 0 Å².